The summed E-state index contributed by atoms with van der Waals surface area (Å²) in [6.45, 7) is 5.76. The van der Waals surface area contributed by atoms with Gasteiger partial charge in [-0.25, -0.2) is 4.99 Å². The second-order valence-corrected chi connectivity index (χ2v) is 10.9. The van der Waals surface area contributed by atoms with E-state index in [0.717, 1.165) is 12.8 Å². The Morgan fingerprint density at radius 1 is 1.20 bits per heavy atom. The van der Waals surface area contributed by atoms with Crippen molar-refractivity contribution in [1.82, 2.24) is 5.32 Å². The fraction of sp³-hybridized carbons (Fsp3) is 0.483. The van der Waals surface area contributed by atoms with Crippen LogP contribution in [0.5, 0.6) is 5.75 Å². The summed E-state index contributed by atoms with van der Waals surface area (Å²) < 4.78 is 17.6. The van der Waals surface area contributed by atoms with Crippen LogP contribution in [0, 0.1) is 0 Å². The van der Waals surface area contributed by atoms with Crippen LogP contribution in [0.3, 0.4) is 0 Å². The third kappa shape index (κ3) is 7.11. The van der Waals surface area contributed by atoms with Gasteiger partial charge in [0.15, 0.2) is 11.6 Å². The van der Waals surface area contributed by atoms with Crippen LogP contribution in [0.25, 0.3) is 10.4 Å². The van der Waals surface area contributed by atoms with E-state index in [1.165, 1.54) is 0 Å². The Morgan fingerprint density at radius 3 is 2.58 bits per heavy atom. The van der Waals surface area contributed by atoms with Crippen molar-refractivity contribution < 1.29 is 28.9 Å². The number of aliphatic hydroxyl groups excluding tert-OH is 1. The van der Waals surface area contributed by atoms with Crippen molar-refractivity contribution in [2.24, 2.45) is 10.1 Å². The lowest BCUT2D eigenvalue weighted by atomic mass is 9.82. The first-order chi connectivity index (χ1) is 19.1. The summed E-state index contributed by atoms with van der Waals surface area (Å²) in [4.78, 5) is 34.6. The lowest BCUT2D eigenvalue weighted by Crippen LogP contribution is -2.49. The molecule has 2 N–H and O–H groups in total. The standard InChI is InChI=1S/C29H35N5O6/c1-28(2,3)40-24(36)15-16-29(27(37)31-20-11-12-20)25(22-7-4-5-8-23(22)33-34-30)39-26(32-29)19-9-13-21(14-10-19)38-18-6-17-35/h4-5,7-10,13-14,20,25,35H,6,11-12,15-18H2,1-3H3,(H,31,37)/t25-,29-/m1/s1. The zero-order valence-corrected chi connectivity index (χ0v) is 23.0. The Morgan fingerprint density at radius 2 is 1.93 bits per heavy atom. The van der Waals surface area contributed by atoms with Gasteiger partial charge in [0, 0.05) is 47.2 Å². The molecule has 4 rings (SSSR count). The molecule has 1 saturated carbocycles. The number of azide groups is 1. The highest BCUT2D eigenvalue weighted by Crippen LogP contribution is 2.46. The van der Waals surface area contributed by atoms with Gasteiger partial charge >= 0.3 is 5.97 Å². The summed E-state index contributed by atoms with van der Waals surface area (Å²) in [6.07, 6.45) is 1.21. The largest absolute Gasteiger partial charge is 0.494 e. The number of ether oxygens (including phenoxy) is 3. The summed E-state index contributed by atoms with van der Waals surface area (Å²) in [5.74, 6) is 0.0148. The summed E-state index contributed by atoms with van der Waals surface area (Å²) in [5.41, 5.74) is 8.39. The number of carbonyl (C=O) groups is 2. The van der Waals surface area contributed by atoms with E-state index in [1.807, 2.05) is 0 Å². The second kappa shape index (κ2) is 12.4. The van der Waals surface area contributed by atoms with Gasteiger partial charge in [0.1, 0.15) is 11.4 Å². The molecule has 2 aliphatic rings. The predicted molar refractivity (Wildman–Crippen MR) is 148 cm³/mol. The molecule has 1 aliphatic carbocycles. The Bertz CT molecular complexity index is 1290. The number of benzene rings is 2. The fourth-order valence-electron chi connectivity index (χ4n) is 4.42. The fourth-order valence-corrected chi connectivity index (χ4v) is 4.42. The maximum absolute atomic E-state index is 14.0. The number of amides is 1. The minimum absolute atomic E-state index is 0.0155. The smallest absolute Gasteiger partial charge is 0.306 e. The highest BCUT2D eigenvalue weighted by molar-refractivity contribution is 6.01. The summed E-state index contributed by atoms with van der Waals surface area (Å²) >= 11 is 0. The van der Waals surface area contributed by atoms with Gasteiger partial charge in [-0.2, -0.15) is 0 Å². The maximum atomic E-state index is 14.0. The van der Waals surface area contributed by atoms with Crippen LogP contribution in [0.2, 0.25) is 0 Å². The Kier molecular flexibility index (Phi) is 8.96. The predicted octanol–water partition coefficient (Wildman–Crippen LogP) is 5.05. The molecule has 11 heteroatoms. The van der Waals surface area contributed by atoms with Gasteiger partial charge in [-0.05, 0) is 69.8 Å². The molecule has 11 nitrogen and oxygen atoms in total. The normalized spacial score (nSPS) is 20.1. The van der Waals surface area contributed by atoms with Gasteiger partial charge in [0.25, 0.3) is 5.91 Å². The van der Waals surface area contributed by atoms with E-state index in [4.69, 9.17) is 24.3 Å². The second-order valence-electron chi connectivity index (χ2n) is 10.9. The van der Waals surface area contributed by atoms with Crippen molar-refractivity contribution in [2.45, 2.75) is 76.2 Å². The lowest BCUT2D eigenvalue weighted by molar-refractivity contribution is -0.155. The zero-order chi connectivity index (χ0) is 28.8. The molecule has 40 heavy (non-hydrogen) atoms. The minimum Gasteiger partial charge on any atom is -0.494 e. The number of hydrogen-bond donors (Lipinski definition) is 2. The zero-order valence-electron chi connectivity index (χ0n) is 23.0. The highest BCUT2D eigenvalue weighted by Gasteiger charge is 2.54. The summed E-state index contributed by atoms with van der Waals surface area (Å²) in [5, 5.41) is 15.9. The molecular weight excluding hydrogens is 514 g/mol. The molecule has 0 aromatic heterocycles. The van der Waals surface area contributed by atoms with Gasteiger partial charge < -0.3 is 24.6 Å². The third-order valence-corrected chi connectivity index (χ3v) is 6.44. The number of rotatable bonds is 12. The maximum Gasteiger partial charge on any atom is 0.306 e. The van der Waals surface area contributed by atoms with Crippen LogP contribution in [-0.4, -0.2) is 53.3 Å². The number of aliphatic imine (C=N–C) groups is 1. The molecule has 2 atom stereocenters. The molecule has 0 unspecified atom stereocenters. The van der Waals surface area contributed by atoms with E-state index < -0.39 is 23.2 Å². The van der Waals surface area contributed by atoms with Crippen LogP contribution in [0.1, 0.15) is 70.1 Å². The number of hydrogen-bond acceptors (Lipinski definition) is 8. The van der Waals surface area contributed by atoms with E-state index in [2.05, 4.69) is 15.3 Å². The molecule has 212 valence electrons. The first-order valence-electron chi connectivity index (χ1n) is 13.4. The SMILES string of the molecule is CC(C)(C)OC(=O)CC[C@@]1(C(=O)NC2CC2)N=C(c2ccc(OCCCO)cc2)O[C@@H]1c1ccccc1N=[N+]=[N-]. The van der Waals surface area contributed by atoms with Crippen LogP contribution in [0.15, 0.2) is 58.6 Å². The number of carbonyl (C=O) groups excluding carboxylic acids is 2. The number of esters is 1. The average Bonchev–Trinajstić information content (AvgIpc) is 3.64. The monoisotopic (exact) mass is 549 g/mol. The summed E-state index contributed by atoms with van der Waals surface area (Å²) in [7, 11) is 0. The Balaban J connectivity index is 1.74. The van der Waals surface area contributed by atoms with Gasteiger partial charge in [0.2, 0.25) is 5.90 Å². The minimum atomic E-state index is -1.52. The quantitative estimate of drug-likeness (QED) is 0.124. The van der Waals surface area contributed by atoms with Gasteiger partial charge in [0.05, 0.1) is 6.61 Å². The Hall–Kier alpha value is -4.08. The van der Waals surface area contributed by atoms with E-state index in [1.54, 1.807) is 69.3 Å². The van der Waals surface area contributed by atoms with Gasteiger partial charge in [-0.15, -0.1) is 0 Å². The number of nitrogens with zero attached hydrogens (tertiary/aromatic N) is 4. The first-order valence-corrected chi connectivity index (χ1v) is 13.4. The van der Waals surface area contributed by atoms with Crippen molar-refractivity contribution in [1.29, 1.82) is 0 Å². The molecule has 0 saturated heterocycles. The first kappa shape index (κ1) is 28.9. The third-order valence-electron chi connectivity index (χ3n) is 6.44. The van der Waals surface area contributed by atoms with E-state index in [-0.39, 0.29) is 37.3 Å². The Labute approximate surface area is 233 Å². The van der Waals surface area contributed by atoms with Crippen LogP contribution in [-0.2, 0) is 19.1 Å². The topological polar surface area (TPSA) is 155 Å². The van der Waals surface area contributed by atoms with Crippen molar-refractivity contribution in [2.75, 3.05) is 13.2 Å². The van der Waals surface area contributed by atoms with Crippen LogP contribution >= 0.6 is 0 Å². The molecule has 1 aliphatic heterocycles. The molecule has 2 aromatic carbocycles. The van der Waals surface area contributed by atoms with Crippen LogP contribution < -0.4 is 10.1 Å². The molecule has 1 amide bonds. The number of aliphatic hydroxyl groups is 1. The molecule has 1 fully saturated rings. The molecule has 0 radical (unpaired) electrons. The average molecular weight is 550 g/mol. The van der Waals surface area contributed by atoms with Crippen molar-refractivity contribution in [3.05, 3.63) is 70.1 Å². The molecular formula is C29H35N5O6. The van der Waals surface area contributed by atoms with Crippen molar-refractivity contribution in [3.63, 3.8) is 0 Å². The molecule has 1 heterocycles. The highest BCUT2D eigenvalue weighted by atomic mass is 16.6. The van der Waals surface area contributed by atoms with E-state index in [9.17, 15) is 15.1 Å². The van der Waals surface area contributed by atoms with Crippen molar-refractivity contribution >= 4 is 23.5 Å². The molecule has 0 spiro atoms. The van der Waals surface area contributed by atoms with E-state index in [0.29, 0.717) is 35.6 Å². The number of nitrogens with one attached hydrogen (secondary N) is 1. The summed E-state index contributed by atoms with van der Waals surface area (Å²) in [6, 6.07) is 14.0. The van der Waals surface area contributed by atoms with Gasteiger partial charge in [-0.1, -0.05) is 29.4 Å². The van der Waals surface area contributed by atoms with Crippen LogP contribution in [0.4, 0.5) is 5.69 Å². The van der Waals surface area contributed by atoms with Gasteiger partial charge in [-0.3, -0.25) is 9.59 Å². The van der Waals surface area contributed by atoms with Crippen molar-refractivity contribution in [3.8, 4) is 5.75 Å². The lowest BCUT2D eigenvalue weighted by Gasteiger charge is -2.31. The molecule has 0 bridgehead atoms. The van der Waals surface area contributed by atoms with E-state index >= 15 is 0 Å². The molecule has 2 aromatic rings.